The number of nitrogens with two attached hydrogens (primary N) is 2. The van der Waals surface area contributed by atoms with Crippen molar-refractivity contribution >= 4 is 71.0 Å². The van der Waals surface area contributed by atoms with Gasteiger partial charge in [-0.1, -0.05) is 25.5 Å². The zero-order chi connectivity index (χ0) is 61.8. The van der Waals surface area contributed by atoms with Gasteiger partial charge in [0, 0.05) is 88.5 Å². The van der Waals surface area contributed by atoms with E-state index in [0.29, 0.717) is 114 Å². The van der Waals surface area contributed by atoms with E-state index in [0.717, 1.165) is 25.0 Å². The van der Waals surface area contributed by atoms with Crippen LogP contribution in [0.2, 0.25) is 0 Å². The second-order valence-electron chi connectivity index (χ2n) is 22.4. The van der Waals surface area contributed by atoms with Crippen molar-refractivity contribution in [1.82, 2.24) is 77.7 Å². The number of ether oxygens (including phenoxy) is 3. The van der Waals surface area contributed by atoms with Crippen LogP contribution in [0.25, 0.3) is 0 Å². The van der Waals surface area contributed by atoms with E-state index in [1.54, 1.807) is 10.9 Å². The Kier molecular flexibility index (Phi) is 28.7. The summed E-state index contributed by atoms with van der Waals surface area (Å²) in [5, 5.41) is 33.9. The molecule has 3 fully saturated rings. The van der Waals surface area contributed by atoms with Crippen molar-refractivity contribution in [3.63, 3.8) is 0 Å². The Morgan fingerprint density at radius 2 is 1.45 bits per heavy atom. The monoisotopic (exact) mass is 1230 g/mol. The lowest BCUT2D eigenvalue weighted by Gasteiger charge is -2.27. The lowest BCUT2D eigenvalue weighted by Crippen LogP contribution is -2.59. The first-order valence-electron chi connectivity index (χ1n) is 30.1. The normalized spacial score (nSPS) is 24.7. The maximum Gasteiger partial charge on any atom is 0.315 e. The summed E-state index contributed by atoms with van der Waals surface area (Å²) in [7, 11) is 0. The Morgan fingerprint density at radius 3 is 2.17 bits per heavy atom. The summed E-state index contributed by atoms with van der Waals surface area (Å²) in [5.41, 5.74) is 12.5. The number of hydrogen-bond acceptors (Lipinski definition) is 18. The minimum Gasteiger partial charge on any atom is -0.379 e. The summed E-state index contributed by atoms with van der Waals surface area (Å²) in [6.45, 7) is 6.69. The van der Waals surface area contributed by atoms with Crippen molar-refractivity contribution in [3.8, 4) is 0 Å². The van der Waals surface area contributed by atoms with Gasteiger partial charge in [0.1, 0.15) is 30.2 Å². The Labute approximate surface area is 504 Å². The van der Waals surface area contributed by atoms with Crippen molar-refractivity contribution < 1.29 is 62.2 Å². The highest BCUT2D eigenvalue weighted by molar-refractivity contribution is 8.00. The van der Waals surface area contributed by atoms with E-state index in [4.69, 9.17) is 25.7 Å². The van der Waals surface area contributed by atoms with Crippen molar-refractivity contribution in [1.29, 1.82) is 0 Å². The van der Waals surface area contributed by atoms with Gasteiger partial charge in [0.05, 0.1) is 68.8 Å². The zero-order valence-corrected chi connectivity index (χ0v) is 50.2. The number of aryl methyl sites for hydroxylation is 1. The standard InChI is InChI=1S/C55H89N17O13S/c1-34(2)26-40-53(80)66-41(28-35-29-58-33-62-35)51(78)61-30-47(75)72-19-7-11-43(72)54(81)64-38(10-5-6-18-71-31-36(69-70-71)27-37(56)49(76)63-39(52(79)65-40)14-15-45(57)73)50(77)60-17-9-21-84-23-25-85-24-22-83-20-8-16-59-46(74)13-4-3-12-44-48-42(32-86-44)67-55(82)68-48/h29,31,33-34,37-44,48H,3-28,30,32,56H2,1-2H3,(H2,57,73)(H,58,62)(H,59,74)(H,60,77)(H,61,78)(H,63,76)(H,64,81)(H,65,79)(H,66,80)(H2,67,68,82)/t37-,38-,39-,40-,41-,42+,43?,44+,48+/m0/s1. The quantitative estimate of drug-likeness (QED) is 0.0323. The van der Waals surface area contributed by atoms with Crippen LogP contribution in [0.5, 0.6) is 0 Å². The van der Waals surface area contributed by atoms with Gasteiger partial charge >= 0.3 is 6.03 Å². The number of primary amides is 1. The Hall–Kier alpha value is -6.96. The molecule has 6 heterocycles. The van der Waals surface area contributed by atoms with E-state index in [9.17, 15) is 47.9 Å². The summed E-state index contributed by atoms with van der Waals surface area (Å²) in [6.07, 6.45) is 10.3. The Morgan fingerprint density at radius 1 is 0.744 bits per heavy atom. The topological polar surface area (TPSA) is 421 Å². The number of carbonyl (C=O) groups is 10. The lowest BCUT2D eigenvalue weighted by molar-refractivity contribution is -0.140. The van der Waals surface area contributed by atoms with Crippen LogP contribution in [0.15, 0.2) is 18.7 Å². The van der Waals surface area contributed by atoms with Gasteiger partial charge in [0.25, 0.3) is 0 Å². The van der Waals surface area contributed by atoms with Gasteiger partial charge in [-0.2, -0.15) is 11.8 Å². The van der Waals surface area contributed by atoms with Crippen LogP contribution in [0.3, 0.4) is 0 Å². The number of aromatic amines is 1. The number of amides is 11. The van der Waals surface area contributed by atoms with Gasteiger partial charge in [-0.05, 0) is 76.5 Å². The first kappa shape index (κ1) is 68.2. The van der Waals surface area contributed by atoms with Gasteiger partial charge in [0.15, 0.2) is 0 Å². The summed E-state index contributed by atoms with van der Waals surface area (Å²) < 4.78 is 18.5. The number of H-pyrrole nitrogens is 1. The van der Waals surface area contributed by atoms with Crippen LogP contribution in [-0.2, 0) is 76.7 Å². The molecule has 2 bridgehead atoms. The molecule has 86 heavy (non-hydrogen) atoms. The van der Waals surface area contributed by atoms with Gasteiger partial charge in [-0.15, -0.1) is 5.10 Å². The largest absolute Gasteiger partial charge is 0.379 e. The van der Waals surface area contributed by atoms with E-state index in [-0.39, 0.29) is 81.6 Å². The van der Waals surface area contributed by atoms with Crippen molar-refractivity contribution in [2.45, 2.75) is 177 Å². The highest BCUT2D eigenvalue weighted by Gasteiger charge is 2.43. The maximum atomic E-state index is 14.1. The third kappa shape index (κ3) is 23.4. The number of aromatic nitrogens is 5. The predicted molar refractivity (Wildman–Crippen MR) is 313 cm³/mol. The number of rotatable bonds is 27. The molecule has 0 saturated carbocycles. The minimum absolute atomic E-state index is 0.0226. The molecule has 9 atom stereocenters. The fourth-order valence-corrected chi connectivity index (χ4v) is 12.0. The van der Waals surface area contributed by atoms with Gasteiger partial charge in [-0.25, -0.2) is 9.78 Å². The van der Waals surface area contributed by atoms with Gasteiger partial charge in [0.2, 0.25) is 53.2 Å². The Balaban J connectivity index is 0.961. The molecule has 3 saturated heterocycles. The molecule has 0 aliphatic carbocycles. The maximum absolute atomic E-state index is 14.1. The molecule has 11 amide bonds. The van der Waals surface area contributed by atoms with E-state index in [1.165, 1.54) is 17.4 Å². The molecule has 2 aromatic heterocycles. The van der Waals surface area contributed by atoms with Crippen LogP contribution in [0.4, 0.5) is 4.79 Å². The van der Waals surface area contributed by atoms with Crippen LogP contribution in [0.1, 0.15) is 115 Å². The third-order valence-electron chi connectivity index (χ3n) is 15.0. The zero-order valence-electron chi connectivity index (χ0n) is 49.4. The Bertz CT molecular complexity index is 2540. The van der Waals surface area contributed by atoms with E-state index < -0.39 is 90.1 Å². The average molecular weight is 1230 g/mol. The highest BCUT2D eigenvalue weighted by atomic mass is 32.2. The molecule has 6 rings (SSSR count). The number of carbonyl (C=O) groups excluding carboxylic acids is 10. The summed E-state index contributed by atoms with van der Waals surface area (Å²) in [5.74, 6) is -4.51. The molecule has 14 N–H and O–H groups in total. The second kappa shape index (κ2) is 36.2. The predicted octanol–water partition coefficient (Wildman–Crippen LogP) is -2.56. The lowest BCUT2D eigenvalue weighted by atomic mass is 10.0. The van der Waals surface area contributed by atoms with Gasteiger partial charge < -0.3 is 83.4 Å². The molecule has 4 aliphatic heterocycles. The molecular weight excluding hydrogens is 1140 g/mol. The molecule has 0 aromatic carbocycles. The summed E-state index contributed by atoms with van der Waals surface area (Å²) in [4.78, 5) is 141. The van der Waals surface area contributed by atoms with Crippen molar-refractivity contribution in [2.75, 3.05) is 71.6 Å². The molecule has 0 spiro atoms. The fourth-order valence-electron chi connectivity index (χ4n) is 10.5. The van der Waals surface area contributed by atoms with E-state index >= 15 is 0 Å². The molecular formula is C55H89N17O13S. The van der Waals surface area contributed by atoms with Crippen LogP contribution < -0.4 is 59.3 Å². The number of nitrogens with one attached hydrogen (secondary N) is 10. The molecule has 2 aromatic rings. The smallest absolute Gasteiger partial charge is 0.315 e. The van der Waals surface area contributed by atoms with Crippen LogP contribution >= 0.6 is 11.8 Å². The number of hydrogen-bond donors (Lipinski definition) is 12. The number of imidazole rings is 1. The molecule has 478 valence electrons. The van der Waals surface area contributed by atoms with Crippen molar-refractivity contribution in [2.24, 2.45) is 17.4 Å². The number of urea groups is 1. The second-order valence-corrected chi connectivity index (χ2v) is 23.7. The average Bonchev–Trinajstić information content (AvgIpc) is 2.98. The van der Waals surface area contributed by atoms with E-state index in [2.05, 4.69) is 68.1 Å². The molecule has 4 aliphatic rings. The fraction of sp³-hybridized carbons (Fsp3) is 0.727. The molecule has 31 heteroatoms. The third-order valence-corrected chi connectivity index (χ3v) is 16.5. The van der Waals surface area contributed by atoms with Gasteiger partial charge in [-0.3, -0.25) is 47.8 Å². The molecule has 0 radical (unpaired) electrons. The highest BCUT2D eigenvalue weighted by Crippen LogP contribution is 2.33. The van der Waals surface area contributed by atoms with Crippen LogP contribution in [-0.4, -0.2) is 214 Å². The number of nitrogens with zero attached hydrogens (tertiary/aromatic N) is 5. The SMILES string of the molecule is CC(C)C[C@@H]1NC(=O)[C@H](CCC(N)=O)NC(=O)[C@@H](N)Cc2cn(nn2)CCCC[C@@H](C(=O)NCCCOCCOCCOCCCNC(=O)CCCC[C@H]2SC[C@H]3NC(=O)N[C@H]32)NC(=O)C2CCCN2C(=O)CNC(=O)[C@H](Cc2c[nH]cn2)NC1=O. The van der Waals surface area contributed by atoms with Crippen molar-refractivity contribution in [3.05, 3.63) is 30.1 Å². The first-order valence-corrected chi connectivity index (χ1v) is 31.1. The van der Waals surface area contributed by atoms with Crippen LogP contribution in [0, 0.1) is 5.92 Å². The molecule has 1 unspecified atom stereocenters. The number of thioether (sulfide) groups is 1. The first-order chi connectivity index (χ1) is 41.4. The summed E-state index contributed by atoms with van der Waals surface area (Å²) in [6, 6.07) is -6.71. The number of fused-ring (bicyclic) bond motifs is 4. The minimum atomic E-state index is -1.34. The summed E-state index contributed by atoms with van der Waals surface area (Å²) >= 11 is 1.88. The number of unbranched alkanes of at least 4 members (excludes halogenated alkanes) is 1. The molecule has 30 nitrogen and oxygen atoms in total. The van der Waals surface area contributed by atoms with E-state index in [1.807, 2.05) is 25.6 Å².